The van der Waals surface area contributed by atoms with Gasteiger partial charge in [0.15, 0.2) is 5.78 Å². The highest BCUT2D eigenvalue weighted by molar-refractivity contribution is 5.89. The number of rotatable bonds is 9. The fourth-order valence-electron chi connectivity index (χ4n) is 2.91. The number of ketones is 1. The lowest BCUT2D eigenvalue weighted by molar-refractivity contribution is -0.136. The summed E-state index contributed by atoms with van der Waals surface area (Å²) in [5.74, 6) is 5.38. The second-order valence-corrected chi connectivity index (χ2v) is 6.21. The Balaban J connectivity index is 2.44. The highest BCUT2D eigenvalue weighted by Gasteiger charge is 2.32. The molecule has 0 aromatic carbocycles. The molecule has 1 rings (SSSR count). The van der Waals surface area contributed by atoms with E-state index in [-0.39, 0.29) is 30.1 Å². The Kier molecular flexibility index (Phi) is 9.31. The lowest BCUT2D eigenvalue weighted by Crippen LogP contribution is -2.17. The van der Waals surface area contributed by atoms with E-state index in [4.69, 9.17) is 5.11 Å². The van der Waals surface area contributed by atoms with Crippen LogP contribution in [0.4, 0.5) is 0 Å². The van der Waals surface area contributed by atoms with Crippen molar-refractivity contribution in [1.82, 2.24) is 0 Å². The van der Waals surface area contributed by atoms with Crippen LogP contribution < -0.4 is 0 Å². The van der Waals surface area contributed by atoms with E-state index in [2.05, 4.69) is 18.8 Å². The van der Waals surface area contributed by atoms with Crippen LogP contribution in [-0.4, -0.2) is 28.1 Å². The second-order valence-electron chi connectivity index (χ2n) is 6.21. The monoisotopic (exact) mass is 320 g/mol. The summed E-state index contributed by atoms with van der Waals surface area (Å²) in [5.41, 5.74) is 0. The summed E-state index contributed by atoms with van der Waals surface area (Å²) in [5, 5.41) is 18.6. The van der Waals surface area contributed by atoms with Crippen LogP contribution in [0.5, 0.6) is 0 Å². The minimum Gasteiger partial charge on any atom is -0.481 e. The predicted octanol–water partition coefficient (Wildman–Crippen LogP) is 3.34. The molecular weight excluding hydrogens is 292 g/mol. The van der Waals surface area contributed by atoms with Gasteiger partial charge in [0, 0.05) is 25.2 Å². The van der Waals surface area contributed by atoms with Crippen LogP contribution in [0, 0.1) is 23.7 Å². The van der Waals surface area contributed by atoms with Gasteiger partial charge in [0.25, 0.3) is 0 Å². The maximum absolute atomic E-state index is 11.8. The summed E-state index contributed by atoms with van der Waals surface area (Å²) in [6, 6.07) is 0. The first kappa shape index (κ1) is 19.4. The van der Waals surface area contributed by atoms with Gasteiger partial charge in [-0.2, -0.15) is 0 Å². The van der Waals surface area contributed by atoms with Crippen molar-refractivity contribution in [1.29, 1.82) is 0 Å². The van der Waals surface area contributed by atoms with Crippen molar-refractivity contribution in [2.45, 2.75) is 70.8 Å². The van der Waals surface area contributed by atoms with Crippen LogP contribution in [0.2, 0.25) is 0 Å². The Morgan fingerprint density at radius 2 is 1.96 bits per heavy atom. The van der Waals surface area contributed by atoms with Crippen LogP contribution in [0.25, 0.3) is 0 Å². The minimum absolute atomic E-state index is 0.0482. The maximum Gasteiger partial charge on any atom is 0.304 e. The Labute approximate surface area is 139 Å². The molecule has 128 valence electrons. The van der Waals surface area contributed by atoms with Gasteiger partial charge in [-0.3, -0.25) is 9.59 Å². The van der Waals surface area contributed by atoms with Gasteiger partial charge in [0.05, 0.1) is 12.5 Å². The zero-order valence-corrected chi connectivity index (χ0v) is 14.0. The second kappa shape index (κ2) is 11.0. The van der Waals surface area contributed by atoms with Crippen LogP contribution in [0.3, 0.4) is 0 Å². The Morgan fingerprint density at radius 1 is 1.17 bits per heavy atom. The van der Waals surface area contributed by atoms with Gasteiger partial charge in [-0.25, -0.2) is 0 Å². The van der Waals surface area contributed by atoms with Crippen molar-refractivity contribution >= 4 is 11.8 Å². The van der Waals surface area contributed by atoms with Gasteiger partial charge >= 0.3 is 5.97 Å². The number of aliphatic hydroxyl groups is 1. The van der Waals surface area contributed by atoms with Crippen molar-refractivity contribution in [3.05, 3.63) is 12.2 Å². The van der Waals surface area contributed by atoms with E-state index in [0.29, 0.717) is 19.3 Å². The summed E-state index contributed by atoms with van der Waals surface area (Å²) in [4.78, 5) is 22.2. The van der Waals surface area contributed by atoms with Crippen molar-refractivity contribution in [3.63, 3.8) is 0 Å². The highest BCUT2D eigenvalue weighted by atomic mass is 16.4. The Morgan fingerprint density at radius 3 is 2.65 bits per heavy atom. The molecule has 0 spiro atoms. The third-order valence-corrected chi connectivity index (χ3v) is 4.32. The number of carboxylic acid groups (broad SMARTS) is 1. The third-order valence-electron chi connectivity index (χ3n) is 4.32. The summed E-state index contributed by atoms with van der Waals surface area (Å²) < 4.78 is 0. The summed E-state index contributed by atoms with van der Waals surface area (Å²) in [6.07, 6.45) is 9.51. The zero-order valence-electron chi connectivity index (χ0n) is 14.0. The van der Waals surface area contributed by atoms with Gasteiger partial charge in [0.1, 0.15) is 0 Å². The number of allylic oxidation sites excluding steroid dienone is 2. The fraction of sp³-hybridized carbons (Fsp3) is 0.684. The van der Waals surface area contributed by atoms with Gasteiger partial charge in [0.2, 0.25) is 0 Å². The summed E-state index contributed by atoms with van der Waals surface area (Å²) in [6.45, 7) is 2.11. The van der Waals surface area contributed by atoms with Gasteiger partial charge in [-0.15, -0.1) is 11.8 Å². The first-order valence-electron chi connectivity index (χ1n) is 8.61. The quantitative estimate of drug-likeness (QED) is 0.388. The molecule has 1 aliphatic carbocycles. The Bertz CT molecular complexity index is 469. The first-order valence-corrected chi connectivity index (χ1v) is 8.61. The minimum atomic E-state index is -0.845. The number of unbranched alkanes of at least 4 members (excludes halogenated alkanes) is 2. The molecule has 0 aromatic heterocycles. The number of aliphatic hydroxyl groups excluding tert-OH is 1. The molecule has 0 saturated heterocycles. The molecule has 3 unspecified atom stereocenters. The van der Waals surface area contributed by atoms with Crippen molar-refractivity contribution in [2.75, 3.05) is 0 Å². The van der Waals surface area contributed by atoms with E-state index in [9.17, 15) is 14.7 Å². The normalized spacial score (nSPS) is 23.7. The van der Waals surface area contributed by atoms with Crippen LogP contribution >= 0.6 is 0 Å². The molecular formula is C19H28O4. The average molecular weight is 320 g/mol. The molecule has 0 aromatic rings. The average Bonchev–Trinajstić information content (AvgIpc) is 2.85. The number of hydrogen-bond donors (Lipinski definition) is 2. The molecule has 1 aliphatic rings. The van der Waals surface area contributed by atoms with Gasteiger partial charge < -0.3 is 10.2 Å². The molecule has 1 saturated carbocycles. The van der Waals surface area contributed by atoms with E-state index in [0.717, 1.165) is 32.1 Å². The van der Waals surface area contributed by atoms with Crippen molar-refractivity contribution in [2.24, 2.45) is 11.8 Å². The topological polar surface area (TPSA) is 74.6 Å². The highest BCUT2D eigenvalue weighted by Crippen LogP contribution is 2.35. The molecule has 0 heterocycles. The molecule has 4 nitrogen and oxygen atoms in total. The van der Waals surface area contributed by atoms with Crippen LogP contribution in [0.1, 0.15) is 64.7 Å². The molecule has 0 radical (unpaired) electrons. The largest absolute Gasteiger partial charge is 0.481 e. The lowest BCUT2D eigenvalue weighted by Gasteiger charge is -2.16. The maximum atomic E-state index is 11.8. The fourth-order valence-corrected chi connectivity index (χ4v) is 2.91. The number of aliphatic carboxylic acids is 1. The molecule has 0 aliphatic heterocycles. The SMILES string of the molecule is CCCCCC(=O)C=CC1CCC(O)C1CC#CCCC(=O)O. The first-order chi connectivity index (χ1) is 11.0. The number of carboxylic acids is 1. The van der Waals surface area contributed by atoms with E-state index >= 15 is 0 Å². The number of carbonyl (C=O) groups excluding carboxylic acids is 1. The van der Waals surface area contributed by atoms with Crippen molar-refractivity contribution < 1.29 is 19.8 Å². The molecule has 0 amide bonds. The van der Waals surface area contributed by atoms with Crippen LogP contribution in [0.15, 0.2) is 12.2 Å². The molecule has 1 fully saturated rings. The molecule has 0 bridgehead atoms. The molecule has 2 N–H and O–H groups in total. The lowest BCUT2D eigenvalue weighted by atomic mass is 9.91. The summed E-state index contributed by atoms with van der Waals surface area (Å²) >= 11 is 0. The standard InChI is InChI=1S/C19H28O4/c1-2-3-5-8-16(20)13-11-15-12-14-18(21)17(15)9-6-4-7-10-19(22)23/h11,13,15,17-18,21H,2-3,5,7-10,12,14H2,1H3,(H,22,23). The molecule has 23 heavy (non-hydrogen) atoms. The Hall–Kier alpha value is -1.60. The van der Waals surface area contributed by atoms with E-state index in [1.54, 1.807) is 6.08 Å². The van der Waals surface area contributed by atoms with Crippen molar-refractivity contribution in [3.8, 4) is 11.8 Å². The molecule has 3 atom stereocenters. The van der Waals surface area contributed by atoms with Gasteiger partial charge in [-0.1, -0.05) is 25.8 Å². The van der Waals surface area contributed by atoms with E-state index < -0.39 is 5.97 Å². The molecule has 4 heteroatoms. The smallest absolute Gasteiger partial charge is 0.304 e. The number of hydrogen-bond acceptors (Lipinski definition) is 3. The number of carbonyl (C=O) groups is 2. The predicted molar refractivity (Wildman–Crippen MR) is 89.8 cm³/mol. The third kappa shape index (κ3) is 7.99. The van der Waals surface area contributed by atoms with Gasteiger partial charge in [-0.05, 0) is 31.3 Å². The zero-order chi connectivity index (χ0) is 17.1. The summed E-state index contributed by atoms with van der Waals surface area (Å²) in [7, 11) is 0. The van der Waals surface area contributed by atoms with Crippen LogP contribution in [-0.2, 0) is 9.59 Å². The van der Waals surface area contributed by atoms with E-state index in [1.807, 2.05) is 6.08 Å². The van der Waals surface area contributed by atoms with E-state index in [1.165, 1.54) is 0 Å².